The summed E-state index contributed by atoms with van der Waals surface area (Å²) in [5, 5.41) is 3.43. The number of hydrazine groups is 1. The molecule has 0 aliphatic rings. The molecule has 1 heterocycles. The van der Waals surface area contributed by atoms with Gasteiger partial charge >= 0.3 is 0 Å². The molecule has 146 valence electrons. The van der Waals surface area contributed by atoms with Crippen LogP contribution in [-0.2, 0) is 16.4 Å². The molecule has 0 saturated carbocycles. The zero-order chi connectivity index (χ0) is 19.9. The van der Waals surface area contributed by atoms with Gasteiger partial charge in [-0.2, -0.15) is 4.31 Å². The molecule has 0 atom stereocenters. The van der Waals surface area contributed by atoms with E-state index in [1.807, 2.05) is 24.3 Å². The van der Waals surface area contributed by atoms with E-state index in [9.17, 15) is 8.42 Å². The highest BCUT2D eigenvalue weighted by Crippen LogP contribution is 2.16. The predicted octanol–water partition coefficient (Wildman–Crippen LogP) is 2.99. The zero-order valence-corrected chi connectivity index (χ0v) is 17.3. The summed E-state index contributed by atoms with van der Waals surface area (Å²) < 4.78 is 26.3. The fourth-order valence-corrected chi connectivity index (χ4v) is 4.00. The summed E-state index contributed by atoms with van der Waals surface area (Å²) in [6.07, 6.45) is 2.31. The molecule has 9 heteroatoms. The van der Waals surface area contributed by atoms with E-state index >= 15 is 0 Å². The topological polar surface area (TPSA) is 86.4 Å². The number of thiocarbonyl (C=S) groups is 1. The largest absolute Gasteiger partial charge is 0.331 e. The molecule has 0 fully saturated rings. The lowest BCUT2D eigenvalue weighted by Gasteiger charge is -2.18. The second kappa shape index (κ2) is 9.63. The molecule has 0 amide bonds. The van der Waals surface area contributed by atoms with Crippen LogP contribution in [0.15, 0.2) is 47.5 Å². The van der Waals surface area contributed by atoms with Gasteiger partial charge in [-0.3, -0.25) is 10.9 Å². The highest BCUT2D eigenvalue weighted by molar-refractivity contribution is 7.89. The first kappa shape index (κ1) is 21.1. The summed E-state index contributed by atoms with van der Waals surface area (Å²) in [5.41, 5.74) is 7.80. The van der Waals surface area contributed by atoms with Crippen molar-refractivity contribution in [2.24, 2.45) is 0 Å². The van der Waals surface area contributed by atoms with Crippen LogP contribution in [0.25, 0.3) is 0 Å². The summed E-state index contributed by atoms with van der Waals surface area (Å²) in [7, 11) is -3.51. The van der Waals surface area contributed by atoms with E-state index in [1.54, 1.807) is 19.9 Å². The third-order valence-electron chi connectivity index (χ3n) is 4.00. The lowest BCUT2D eigenvalue weighted by atomic mass is 10.1. The van der Waals surface area contributed by atoms with Gasteiger partial charge in [0.1, 0.15) is 10.7 Å². The molecule has 0 bridgehead atoms. The Morgan fingerprint density at radius 1 is 1.07 bits per heavy atom. The van der Waals surface area contributed by atoms with E-state index in [0.717, 1.165) is 12.1 Å². The Balaban J connectivity index is 1.93. The number of aryl methyl sites for hydroxylation is 1. The number of pyridine rings is 1. The number of nitrogens with zero attached hydrogens (tertiary/aromatic N) is 2. The molecular weight excluding hydrogens is 382 g/mol. The summed E-state index contributed by atoms with van der Waals surface area (Å²) >= 11 is 5.23. The Hall–Kier alpha value is -2.23. The van der Waals surface area contributed by atoms with Gasteiger partial charge in [-0.25, -0.2) is 13.4 Å². The van der Waals surface area contributed by atoms with Gasteiger partial charge in [0.2, 0.25) is 10.0 Å². The SMILES string of the molecule is CCc1ccc(NC(=S)NNc2ccc(S(=O)(=O)N(CC)CC)cn2)cc1. The van der Waals surface area contributed by atoms with Crippen molar-refractivity contribution in [1.82, 2.24) is 14.7 Å². The second-order valence-corrected chi connectivity index (χ2v) is 8.07. The van der Waals surface area contributed by atoms with Gasteiger partial charge < -0.3 is 5.32 Å². The molecule has 0 radical (unpaired) electrons. The van der Waals surface area contributed by atoms with E-state index in [2.05, 4.69) is 28.1 Å². The van der Waals surface area contributed by atoms with Crippen LogP contribution in [0, 0.1) is 0 Å². The molecule has 1 aromatic heterocycles. The fraction of sp³-hybridized carbons (Fsp3) is 0.333. The standard InChI is InChI=1S/C18H25N5O2S2/c1-4-14-7-9-15(10-8-14)20-18(26)22-21-17-12-11-16(13-19-17)27(24,25)23(5-2)6-3/h7-13H,4-6H2,1-3H3,(H,19,21)(H2,20,22,26). The first-order valence-corrected chi connectivity index (χ1v) is 10.6. The molecule has 7 nitrogen and oxygen atoms in total. The number of anilines is 2. The Kier molecular flexibility index (Phi) is 7.52. The molecule has 1 aromatic carbocycles. The maximum atomic E-state index is 12.4. The molecule has 0 saturated heterocycles. The number of nitrogens with one attached hydrogen (secondary N) is 3. The van der Waals surface area contributed by atoms with Gasteiger partial charge in [0.25, 0.3) is 0 Å². The maximum Gasteiger partial charge on any atom is 0.244 e. The van der Waals surface area contributed by atoms with Crippen molar-refractivity contribution >= 4 is 38.9 Å². The molecule has 27 heavy (non-hydrogen) atoms. The molecule has 0 aliphatic heterocycles. The average Bonchev–Trinajstić information content (AvgIpc) is 2.68. The molecule has 0 aliphatic carbocycles. The molecular formula is C18H25N5O2S2. The molecule has 0 spiro atoms. The fourth-order valence-electron chi connectivity index (χ4n) is 2.43. The van der Waals surface area contributed by atoms with Crippen LogP contribution in [0.2, 0.25) is 0 Å². The minimum absolute atomic E-state index is 0.161. The number of hydrogen-bond acceptors (Lipinski definition) is 5. The molecule has 3 N–H and O–H groups in total. The van der Waals surface area contributed by atoms with Gasteiger partial charge in [-0.1, -0.05) is 32.9 Å². The summed E-state index contributed by atoms with van der Waals surface area (Å²) in [4.78, 5) is 4.29. The molecule has 2 rings (SSSR count). The highest BCUT2D eigenvalue weighted by atomic mass is 32.2. The van der Waals surface area contributed by atoms with Gasteiger partial charge in [-0.15, -0.1) is 0 Å². The van der Waals surface area contributed by atoms with Gasteiger partial charge in [0.05, 0.1) is 0 Å². The van der Waals surface area contributed by atoms with Crippen LogP contribution >= 0.6 is 12.2 Å². The van der Waals surface area contributed by atoms with Crippen LogP contribution < -0.4 is 16.2 Å². The van der Waals surface area contributed by atoms with Gasteiger partial charge in [-0.05, 0) is 48.5 Å². The van der Waals surface area contributed by atoms with Crippen molar-refractivity contribution in [3.8, 4) is 0 Å². The van der Waals surface area contributed by atoms with Crippen molar-refractivity contribution in [3.63, 3.8) is 0 Å². The van der Waals surface area contributed by atoms with Gasteiger partial charge in [0, 0.05) is 25.0 Å². The van der Waals surface area contributed by atoms with Crippen LogP contribution in [0.3, 0.4) is 0 Å². The lowest BCUT2D eigenvalue weighted by molar-refractivity contribution is 0.445. The first-order chi connectivity index (χ1) is 12.9. The number of rotatable bonds is 8. The summed E-state index contributed by atoms with van der Waals surface area (Å²) in [6.45, 7) is 6.54. The van der Waals surface area contributed by atoms with E-state index in [0.29, 0.717) is 24.0 Å². The second-order valence-electron chi connectivity index (χ2n) is 5.72. The van der Waals surface area contributed by atoms with Crippen LogP contribution in [0.1, 0.15) is 26.3 Å². The summed E-state index contributed by atoms with van der Waals surface area (Å²) in [6, 6.07) is 11.1. The van der Waals surface area contributed by atoms with Crippen LogP contribution in [0.4, 0.5) is 11.5 Å². The number of sulfonamides is 1. The number of hydrogen-bond donors (Lipinski definition) is 3. The van der Waals surface area contributed by atoms with Crippen molar-refractivity contribution in [1.29, 1.82) is 0 Å². The van der Waals surface area contributed by atoms with Crippen molar-refractivity contribution in [2.45, 2.75) is 32.1 Å². The van der Waals surface area contributed by atoms with Crippen LogP contribution in [-0.4, -0.2) is 35.9 Å². The minimum atomic E-state index is -3.51. The molecule has 0 unspecified atom stereocenters. The van der Waals surface area contributed by atoms with E-state index in [4.69, 9.17) is 12.2 Å². The Morgan fingerprint density at radius 2 is 1.74 bits per heavy atom. The van der Waals surface area contributed by atoms with Crippen molar-refractivity contribution in [2.75, 3.05) is 23.8 Å². The normalized spacial score (nSPS) is 11.3. The highest BCUT2D eigenvalue weighted by Gasteiger charge is 2.21. The van der Waals surface area contributed by atoms with Crippen LogP contribution in [0.5, 0.6) is 0 Å². The third kappa shape index (κ3) is 5.62. The third-order valence-corrected chi connectivity index (χ3v) is 6.24. The average molecular weight is 408 g/mol. The van der Waals surface area contributed by atoms with Crippen molar-refractivity contribution in [3.05, 3.63) is 48.2 Å². The summed E-state index contributed by atoms with van der Waals surface area (Å²) in [5.74, 6) is 0.457. The van der Waals surface area contributed by atoms with E-state index in [1.165, 1.54) is 22.1 Å². The predicted molar refractivity (Wildman–Crippen MR) is 113 cm³/mol. The maximum absolute atomic E-state index is 12.4. The number of benzene rings is 1. The lowest BCUT2D eigenvalue weighted by Crippen LogP contribution is -2.33. The zero-order valence-electron chi connectivity index (χ0n) is 15.7. The van der Waals surface area contributed by atoms with E-state index < -0.39 is 10.0 Å². The monoisotopic (exact) mass is 407 g/mol. The smallest absolute Gasteiger partial charge is 0.244 e. The Labute approximate surface area is 166 Å². The quantitative estimate of drug-likeness (QED) is 0.458. The van der Waals surface area contributed by atoms with E-state index in [-0.39, 0.29) is 4.90 Å². The first-order valence-electron chi connectivity index (χ1n) is 8.78. The van der Waals surface area contributed by atoms with Crippen molar-refractivity contribution < 1.29 is 8.42 Å². The number of aromatic nitrogens is 1. The molecule has 2 aromatic rings. The Bertz CT molecular complexity index is 848. The Morgan fingerprint density at radius 3 is 2.26 bits per heavy atom. The minimum Gasteiger partial charge on any atom is -0.331 e. The van der Waals surface area contributed by atoms with Gasteiger partial charge in [0.15, 0.2) is 5.11 Å².